The number of nitrogens with zero attached hydrogens (tertiary/aromatic N) is 1. The molecule has 0 saturated carbocycles. The molecule has 0 atom stereocenters. The maximum Gasteiger partial charge on any atom is 0.161 e. The minimum atomic E-state index is 0.865. The highest BCUT2D eigenvalue weighted by Crippen LogP contribution is 2.34. The van der Waals surface area contributed by atoms with Gasteiger partial charge in [-0.1, -0.05) is 35.4 Å². The predicted octanol–water partition coefficient (Wildman–Crippen LogP) is 5.26. The number of para-hydroxylation sites is 1. The molecule has 21 heavy (non-hydrogen) atoms. The first-order valence-electron chi connectivity index (χ1n) is 7.07. The minimum absolute atomic E-state index is 0.865. The van der Waals surface area contributed by atoms with E-state index in [2.05, 4.69) is 43.1 Å². The number of rotatable bonds is 1. The Morgan fingerprint density at radius 3 is 2.43 bits per heavy atom. The molecule has 0 aliphatic heterocycles. The first-order valence-corrected chi connectivity index (χ1v) is 7.07. The smallest absolute Gasteiger partial charge is 0.161 e. The molecule has 0 aliphatic carbocycles. The summed E-state index contributed by atoms with van der Waals surface area (Å²) in [6.45, 7) is 4.21. The fraction of sp³-hybridized carbons (Fsp3) is 0.105. The van der Waals surface area contributed by atoms with Gasteiger partial charge in [-0.15, -0.1) is 0 Å². The number of aryl methyl sites for hydroxylation is 2. The van der Waals surface area contributed by atoms with Crippen LogP contribution >= 0.6 is 0 Å². The molecule has 102 valence electrons. The Balaban J connectivity index is 2.09. The van der Waals surface area contributed by atoms with Crippen molar-refractivity contribution in [2.24, 2.45) is 0 Å². The molecule has 0 unspecified atom stereocenters. The van der Waals surface area contributed by atoms with E-state index >= 15 is 0 Å². The molecule has 2 aromatic carbocycles. The molecule has 4 rings (SSSR count). The third-order valence-corrected chi connectivity index (χ3v) is 3.79. The molecule has 0 bridgehead atoms. The van der Waals surface area contributed by atoms with Crippen LogP contribution in [0.25, 0.3) is 33.2 Å². The second-order valence-electron chi connectivity index (χ2n) is 5.51. The van der Waals surface area contributed by atoms with E-state index in [0.29, 0.717) is 0 Å². The Morgan fingerprint density at radius 2 is 1.62 bits per heavy atom. The van der Waals surface area contributed by atoms with Gasteiger partial charge in [0.1, 0.15) is 11.3 Å². The van der Waals surface area contributed by atoms with Crippen LogP contribution in [0.15, 0.2) is 59.1 Å². The van der Waals surface area contributed by atoms with E-state index < -0.39 is 0 Å². The van der Waals surface area contributed by atoms with Crippen molar-refractivity contribution in [2.75, 3.05) is 0 Å². The highest BCUT2D eigenvalue weighted by atomic mass is 16.3. The number of pyridine rings is 1. The Bertz CT molecular complexity index is 946. The second-order valence-corrected chi connectivity index (χ2v) is 5.51. The first kappa shape index (κ1) is 12.2. The van der Waals surface area contributed by atoms with Crippen LogP contribution in [-0.2, 0) is 0 Å². The second kappa shape index (κ2) is 4.45. The zero-order valence-corrected chi connectivity index (χ0v) is 12.1. The van der Waals surface area contributed by atoms with Crippen molar-refractivity contribution in [1.29, 1.82) is 0 Å². The summed E-state index contributed by atoms with van der Waals surface area (Å²) >= 11 is 0. The van der Waals surface area contributed by atoms with Crippen molar-refractivity contribution in [3.05, 3.63) is 65.9 Å². The maximum atomic E-state index is 6.06. The fourth-order valence-corrected chi connectivity index (χ4v) is 2.97. The van der Waals surface area contributed by atoms with E-state index in [0.717, 1.165) is 33.2 Å². The third kappa shape index (κ3) is 1.91. The average Bonchev–Trinajstić information content (AvgIpc) is 2.84. The van der Waals surface area contributed by atoms with Crippen molar-refractivity contribution in [3.63, 3.8) is 0 Å². The standard InChI is InChI=1S/C19H15NO/c1-12-9-13(2)11-14(10-12)18-19-16(7-8-20-18)15-5-3-4-6-17(15)21-19/h3-11H,1-2H3. The van der Waals surface area contributed by atoms with Crippen molar-refractivity contribution in [1.82, 2.24) is 4.98 Å². The number of hydrogen-bond acceptors (Lipinski definition) is 2. The topological polar surface area (TPSA) is 26.0 Å². The first-order chi connectivity index (χ1) is 10.2. The summed E-state index contributed by atoms with van der Waals surface area (Å²) in [7, 11) is 0. The number of aromatic nitrogens is 1. The predicted molar refractivity (Wildman–Crippen MR) is 86.4 cm³/mol. The van der Waals surface area contributed by atoms with Gasteiger partial charge in [0.15, 0.2) is 5.58 Å². The summed E-state index contributed by atoms with van der Waals surface area (Å²) in [5.74, 6) is 0. The normalized spacial score (nSPS) is 11.3. The van der Waals surface area contributed by atoms with Gasteiger partial charge >= 0.3 is 0 Å². The number of furan rings is 1. The highest BCUT2D eigenvalue weighted by molar-refractivity contribution is 6.08. The lowest BCUT2D eigenvalue weighted by Crippen LogP contribution is -1.86. The van der Waals surface area contributed by atoms with Gasteiger partial charge in [-0.25, -0.2) is 0 Å². The van der Waals surface area contributed by atoms with Crippen LogP contribution in [0.1, 0.15) is 11.1 Å². The number of benzene rings is 2. The zero-order valence-electron chi connectivity index (χ0n) is 12.1. The molecule has 0 aliphatic rings. The molecule has 2 nitrogen and oxygen atoms in total. The van der Waals surface area contributed by atoms with Gasteiger partial charge in [0.05, 0.1) is 0 Å². The molecular weight excluding hydrogens is 258 g/mol. The molecule has 0 saturated heterocycles. The summed E-state index contributed by atoms with van der Waals surface area (Å²) in [5.41, 5.74) is 6.27. The molecule has 4 aromatic rings. The van der Waals surface area contributed by atoms with Crippen LogP contribution in [0, 0.1) is 13.8 Å². The van der Waals surface area contributed by atoms with E-state index in [1.54, 1.807) is 0 Å². The van der Waals surface area contributed by atoms with Crippen molar-refractivity contribution in [3.8, 4) is 11.3 Å². The summed E-state index contributed by atoms with van der Waals surface area (Å²) in [4.78, 5) is 4.56. The Labute approximate surface area is 123 Å². The third-order valence-electron chi connectivity index (χ3n) is 3.79. The molecule has 0 radical (unpaired) electrons. The Kier molecular flexibility index (Phi) is 2.58. The SMILES string of the molecule is Cc1cc(C)cc(-c2nccc3c2oc2ccccc23)c1. The lowest BCUT2D eigenvalue weighted by atomic mass is 10.0. The average molecular weight is 273 g/mol. The quantitative estimate of drug-likeness (QED) is 0.472. The van der Waals surface area contributed by atoms with Crippen LogP contribution in [0.2, 0.25) is 0 Å². The van der Waals surface area contributed by atoms with E-state index in [-0.39, 0.29) is 0 Å². The molecule has 0 amide bonds. The van der Waals surface area contributed by atoms with E-state index in [1.807, 2.05) is 30.5 Å². The van der Waals surface area contributed by atoms with Crippen LogP contribution in [0.3, 0.4) is 0 Å². The summed E-state index contributed by atoms with van der Waals surface area (Å²) < 4.78 is 6.06. The van der Waals surface area contributed by atoms with Gasteiger partial charge in [0.2, 0.25) is 0 Å². The molecule has 2 aromatic heterocycles. The summed E-state index contributed by atoms with van der Waals surface area (Å²) in [5, 5.41) is 2.26. The zero-order chi connectivity index (χ0) is 14.4. The Hall–Kier alpha value is -2.61. The van der Waals surface area contributed by atoms with Gasteiger partial charge in [0.25, 0.3) is 0 Å². The largest absolute Gasteiger partial charge is 0.454 e. The fourth-order valence-electron chi connectivity index (χ4n) is 2.97. The van der Waals surface area contributed by atoms with Crippen molar-refractivity contribution < 1.29 is 4.42 Å². The number of hydrogen-bond donors (Lipinski definition) is 0. The Morgan fingerprint density at radius 1 is 0.857 bits per heavy atom. The van der Waals surface area contributed by atoms with Crippen LogP contribution in [0.4, 0.5) is 0 Å². The van der Waals surface area contributed by atoms with Crippen LogP contribution in [-0.4, -0.2) is 4.98 Å². The van der Waals surface area contributed by atoms with Gasteiger partial charge in [0, 0.05) is 22.5 Å². The minimum Gasteiger partial charge on any atom is -0.454 e. The summed E-state index contributed by atoms with van der Waals surface area (Å²) in [6.07, 6.45) is 1.86. The maximum absolute atomic E-state index is 6.06. The molecular formula is C19H15NO. The molecule has 0 N–H and O–H groups in total. The molecule has 0 fully saturated rings. The van der Waals surface area contributed by atoms with Gasteiger partial charge < -0.3 is 4.42 Å². The van der Waals surface area contributed by atoms with Crippen molar-refractivity contribution in [2.45, 2.75) is 13.8 Å². The van der Waals surface area contributed by atoms with Gasteiger partial charge in [-0.2, -0.15) is 0 Å². The molecule has 2 heterocycles. The van der Waals surface area contributed by atoms with E-state index in [4.69, 9.17) is 4.42 Å². The molecule has 2 heteroatoms. The van der Waals surface area contributed by atoms with Crippen molar-refractivity contribution >= 4 is 21.9 Å². The highest BCUT2D eigenvalue weighted by Gasteiger charge is 2.13. The lowest BCUT2D eigenvalue weighted by molar-refractivity contribution is 0.668. The monoisotopic (exact) mass is 273 g/mol. The van der Waals surface area contributed by atoms with Crippen LogP contribution < -0.4 is 0 Å². The van der Waals surface area contributed by atoms with E-state index in [9.17, 15) is 0 Å². The summed E-state index contributed by atoms with van der Waals surface area (Å²) in [6, 6.07) is 16.6. The number of fused-ring (bicyclic) bond motifs is 3. The van der Waals surface area contributed by atoms with Gasteiger partial charge in [-0.3, -0.25) is 4.98 Å². The molecule has 0 spiro atoms. The lowest BCUT2D eigenvalue weighted by Gasteiger charge is -2.05. The van der Waals surface area contributed by atoms with Crippen LogP contribution in [0.5, 0.6) is 0 Å². The van der Waals surface area contributed by atoms with Gasteiger partial charge in [-0.05, 0) is 38.1 Å². The van der Waals surface area contributed by atoms with E-state index in [1.165, 1.54) is 11.1 Å².